The predicted molar refractivity (Wildman–Crippen MR) is 81.3 cm³/mol. The van der Waals surface area contributed by atoms with Crippen molar-refractivity contribution in [3.05, 3.63) is 59.7 Å². The lowest BCUT2D eigenvalue weighted by molar-refractivity contribution is -0.384. The van der Waals surface area contributed by atoms with E-state index in [1.807, 2.05) is 12.1 Å². The largest absolute Gasteiger partial charge is 0.347 e. The molecule has 0 aliphatic heterocycles. The third-order valence-electron chi connectivity index (χ3n) is 2.46. The van der Waals surface area contributed by atoms with Crippen molar-refractivity contribution in [2.75, 3.05) is 0 Å². The van der Waals surface area contributed by atoms with Gasteiger partial charge in [0.25, 0.3) is 11.6 Å². The summed E-state index contributed by atoms with van der Waals surface area (Å²) in [7, 11) is 0. The van der Waals surface area contributed by atoms with Crippen LogP contribution >= 0.6 is 38.9 Å². The van der Waals surface area contributed by atoms with Crippen LogP contribution in [-0.2, 0) is 6.54 Å². The molecule has 0 aliphatic carbocycles. The Morgan fingerprint density at radius 3 is 2.70 bits per heavy atom. The molecule has 1 heterocycles. The minimum Gasteiger partial charge on any atom is -0.347 e. The van der Waals surface area contributed by atoms with E-state index in [2.05, 4.69) is 21.2 Å². The number of nitro groups is 1. The van der Waals surface area contributed by atoms with Gasteiger partial charge in [0.15, 0.2) is 0 Å². The molecule has 1 N–H and O–H groups in total. The Hall–Kier alpha value is -1.44. The van der Waals surface area contributed by atoms with Crippen molar-refractivity contribution in [3.8, 4) is 0 Å². The topological polar surface area (TPSA) is 72.2 Å². The summed E-state index contributed by atoms with van der Waals surface area (Å²) >= 11 is 10.7. The van der Waals surface area contributed by atoms with Gasteiger partial charge in [-0.2, -0.15) is 0 Å². The second-order valence-electron chi connectivity index (χ2n) is 3.81. The van der Waals surface area contributed by atoms with E-state index < -0.39 is 4.92 Å². The standard InChI is InChI=1S/C12H8BrClN2O3S/c13-11-4-2-8(20-11)6-15-12(17)9-3-1-7(16(18)19)5-10(9)14/h1-5H,6H2,(H,15,17). The summed E-state index contributed by atoms with van der Waals surface area (Å²) in [5, 5.41) is 13.4. The van der Waals surface area contributed by atoms with E-state index in [4.69, 9.17) is 11.6 Å². The van der Waals surface area contributed by atoms with Gasteiger partial charge in [-0.25, -0.2) is 0 Å². The van der Waals surface area contributed by atoms with Crippen LogP contribution in [0.5, 0.6) is 0 Å². The Bertz CT molecular complexity index is 674. The molecule has 104 valence electrons. The summed E-state index contributed by atoms with van der Waals surface area (Å²) < 4.78 is 0.982. The first-order valence-electron chi connectivity index (χ1n) is 5.43. The van der Waals surface area contributed by atoms with E-state index in [0.717, 1.165) is 14.7 Å². The number of amides is 1. The molecule has 0 radical (unpaired) electrons. The minimum absolute atomic E-state index is 0.0593. The van der Waals surface area contributed by atoms with Gasteiger partial charge in [-0.05, 0) is 34.1 Å². The van der Waals surface area contributed by atoms with Gasteiger partial charge in [-0.15, -0.1) is 11.3 Å². The zero-order valence-corrected chi connectivity index (χ0v) is 13.1. The average molecular weight is 376 g/mol. The van der Waals surface area contributed by atoms with Crippen LogP contribution < -0.4 is 5.32 Å². The van der Waals surface area contributed by atoms with E-state index in [0.29, 0.717) is 6.54 Å². The third kappa shape index (κ3) is 3.56. The Morgan fingerprint density at radius 2 is 2.15 bits per heavy atom. The molecular weight excluding hydrogens is 368 g/mol. The van der Waals surface area contributed by atoms with Crippen LogP contribution in [0.1, 0.15) is 15.2 Å². The SMILES string of the molecule is O=C(NCc1ccc(Br)s1)c1ccc([N+](=O)[O-])cc1Cl. The normalized spacial score (nSPS) is 10.3. The highest BCUT2D eigenvalue weighted by molar-refractivity contribution is 9.11. The fraction of sp³-hybridized carbons (Fsp3) is 0.0833. The Morgan fingerprint density at radius 1 is 1.40 bits per heavy atom. The Labute approximate surface area is 131 Å². The van der Waals surface area contributed by atoms with Crippen LogP contribution in [0.2, 0.25) is 5.02 Å². The number of nitrogens with zero attached hydrogens (tertiary/aromatic N) is 1. The van der Waals surface area contributed by atoms with Crippen molar-refractivity contribution in [1.82, 2.24) is 5.32 Å². The van der Waals surface area contributed by atoms with E-state index in [9.17, 15) is 14.9 Å². The molecule has 0 bridgehead atoms. The van der Waals surface area contributed by atoms with Crippen molar-refractivity contribution < 1.29 is 9.72 Å². The fourth-order valence-corrected chi connectivity index (χ4v) is 3.19. The minimum atomic E-state index is -0.559. The van der Waals surface area contributed by atoms with E-state index in [1.165, 1.54) is 23.5 Å². The van der Waals surface area contributed by atoms with Gasteiger partial charge in [-0.1, -0.05) is 11.6 Å². The van der Waals surface area contributed by atoms with Crippen LogP contribution in [0.4, 0.5) is 5.69 Å². The van der Waals surface area contributed by atoms with Gasteiger partial charge in [-0.3, -0.25) is 14.9 Å². The monoisotopic (exact) mass is 374 g/mol. The van der Waals surface area contributed by atoms with Crippen LogP contribution in [-0.4, -0.2) is 10.8 Å². The molecule has 1 aromatic heterocycles. The zero-order chi connectivity index (χ0) is 14.7. The molecule has 0 spiro atoms. The summed E-state index contributed by atoms with van der Waals surface area (Å²) in [5.74, 6) is -0.366. The molecule has 20 heavy (non-hydrogen) atoms. The number of carbonyl (C=O) groups is 1. The molecule has 0 unspecified atom stereocenters. The second-order valence-corrected chi connectivity index (χ2v) is 6.76. The lowest BCUT2D eigenvalue weighted by Crippen LogP contribution is -2.22. The Balaban J connectivity index is 2.07. The zero-order valence-electron chi connectivity index (χ0n) is 9.93. The van der Waals surface area contributed by atoms with E-state index in [1.54, 1.807) is 0 Å². The highest BCUT2D eigenvalue weighted by atomic mass is 79.9. The number of nitrogens with one attached hydrogen (secondary N) is 1. The van der Waals surface area contributed by atoms with Crippen molar-refractivity contribution >= 4 is 50.5 Å². The van der Waals surface area contributed by atoms with Crippen molar-refractivity contribution in [2.24, 2.45) is 0 Å². The third-order valence-corrected chi connectivity index (χ3v) is 4.40. The van der Waals surface area contributed by atoms with Gasteiger partial charge >= 0.3 is 0 Å². The molecule has 0 atom stereocenters. The summed E-state index contributed by atoms with van der Waals surface area (Å²) in [4.78, 5) is 23.0. The van der Waals surface area contributed by atoms with Crippen LogP contribution in [0.25, 0.3) is 0 Å². The van der Waals surface area contributed by atoms with Crippen molar-refractivity contribution in [1.29, 1.82) is 0 Å². The van der Waals surface area contributed by atoms with Gasteiger partial charge < -0.3 is 5.32 Å². The van der Waals surface area contributed by atoms with Crippen LogP contribution in [0.3, 0.4) is 0 Å². The summed E-state index contributed by atoms with van der Waals surface area (Å²) in [6.45, 7) is 0.377. The lowest BCUT2D eigenvalue weighted by Gasteiger charge is -2.05. The fourth-order valence-electron chi connectivity index (χ4n) is 1.51. The van der Waals surface area contributed by atoms with Crippen molar-refractivity contribution in [3.63, 3.8) is 0 Å². The maximum Gasteiger partial charge on any atom is 0.270 e. The molecule has 2 aromatic rings. The average Bonchev–Trinajstić information content (AvgIpc) is 2.81. The Kier molecular flexibility index (Phi) is 4.74. The molecule has 0 aliphatic rings. The number of hydrogen-bond acceptors (Lipinski definition) is 4. The smallest absolute Gasteiger partial charge is 0.270 e. The van der Waals surface area contributed by atoms with Gasteiger partial charge in [0.1, 0.15) is 0 Å². The maximum atomic E-state index is 12.0. The van der Waals surface area contributed by atoms with E-state index in [-0.39, 0.29) is 22.2 Å². The molecule has 0 fully saturated rings. The number of hydrogen-bond donors (Lipinski definition) is 1. The van der Waals surface area contributed by atoms with Crippen molar-refractivity contribution in [2.45, 2.75) is 6.54 Å². The number of halogens is 2. The number of thiophene rings is 1. The predicted octanol–water partition coefficient (Wildman–Crippen LogP) is 4.00. The first-order valence-corrected chi connectivity index (χ1v) is 7.42. The molecule has 1 amide bonds. The quantitative estimate of drug-likeness (QED) is 0.648. The first kappa shape index (κ1) is 15.0. The second kappa shape index (κ2) is 6.34. The molecule has 0 saturated heterocycles. The molecule has 0 saturated carbocycles. The van der Waals surface area contributed by atoms with Crippen LogP contribution in [0, 0.1) is 10.1 Å². The number of nitro benzene ring substituents is 1. The molecule has 1 aromatic carbocycles. The highest BCUT2D eigenvalue weighted by Gasteiger charge is 2.14. The summed E-state index contributed by atoms with van der Waals surface area (Å²) in [5.41, 5.74) is 0.0709. The van der Waals surface area contributed by atoms with Gasteiger partial charge in [0.05, 0.1) is 25.8 Å². The molecular formula is C12H8BrClN2O3S. The summed E-state index contributed by atoms with van der Waals surface area (Å²) in [6, 6.07) is 7.55. The van der Waals surface area contributed by atoms with Crippen LogP contribution in [0.15, 0.2) is 34.1 Å². The number of carbonyl (C=O) groups excluding carboxylic acids is 1. The lowest BCUT2D eigenvalue weighted by atomic mass is 10.2. The first-order chi connectivity index (χ1) is 9.47. The summed E-state index contributed by atoms with van der Waals surface area (Å²) in [6.07, 6.45) is 0. The molecule has 5 nitrogen and oxygen atoms in total. The van der Waals surface area contributed by atoms with E-state index >= 15 is 0 Å². The van der Waals surface area contributed by atoms with Gasteiger partial charge in [0.2, 0.25) is 0 Å². The maximum absolute atomic E-state index is 12.0. The number of benzene rings is 1. The highest BCUT2D eigenvalue weighted by Crippen LogP contribution is 2.24. The van der Waals surface area contributed by atoms with Gasteiger partial charge in [0, 0.05) is 17.0 Å². The molecule has 8 heteroatoms. The molecule has 2 rings (SSSR count). The number of non-ortho nitro benzene ring substituents is 1. The number of rotatable bonds is 4.